The van der Waals surface area contributed by atoms with Gasteiger partial charge in [-0.3, -0.25) is 0 Å². The van der Waals surface area contributed by atoms with E-state index in [-0.39, 0.29) is 26.0 Å². The maximum Gasteiger partial charge on any atom is 2.00 e. The Morgan fingerprint density at radius 2 is 1.53 bits per heavy atom. The first kappa shape index (κ1) is 13.9. The van der Waals surface area contributed by atoms with E-state index in [1.807, 2.05) is 0 Å². The van der Waals surface area contributed by atoms with E-state index in [9.17, 15) is 8.42 Å². The van der Waals surface area contributed by atoms with Crippen molar-refractivity contribution in [3.05, 3.63) is 54.6 Å². The van der Waals surface area contributed by atoms with E-state index in [1.165, 1.54) is 12.1 Å². The minimum absolute atomic E-state index is 0. The molecule has 0 fully saturated rings. The zero-order valence-corrected chi connectivity index (χ0v) is 12.7. The zero-order valence-electron chi connectivity index (χ0n) is 9.58. The first-order chi connectivity index (χ1) is 8.69. The number of rotatable bonds is 2. The molecule has 1 aromatic heterocycles. The van der Waals surface area contributed by atoms with Gasteiger partial charge in [-0.2, -0.15) is 8.42 Å². The Bertz CT molecular complexity index is 800. The third-order valence-corrected chi connectivity index (χ3v) is 4.18. The summed E-state index contributed by atoms with van der Waals surface area (Å²) in [6, 6.07) is 15.1. The van der Waals surface area contributed by atoms with Gasteiger partial charge in [0.1, 0.15) is 11.0 Å². The molecule has 2 aromatic carbocycles. The summed E-state index contributed by atoms with van der Waals surface area (Å²) < 4.78 is 25.7. The summed E-state index contributed by atoms with van der Waals surface area (Å²) in [5.41, 5.74) is 1.03. The van der Waals surface area contributed by atoms with Crippen molar-refractivity contribution in [1.29, 1.82) is 0 Å². The van der Waals surface area contributed by atoms with Crippen molar-refractivity contribution in [2.45, 2.75) is 4.90 Å². The molecular weight excluding hydrogens is 445 g/mol. The van der Waals surface area contributed by atoms with Crippen LogP contribution in [0.5, 0.6) is 0 Å². The van der Waals surface area contributed by atoms with E-state index >= 15 is 0 Å². The molecule has 1 heterocycles. The largest absolute Gasteiger partial charge is 2.00 e. The van der Waals surface area contributed by atoms with Crippen molar-refractivity contribution in [3.63, 3.8) is 0 Å². The van der Waals surface area contributed by atoms with Crippen LogP contribution in [-0.4, -0.2) is 22.8 Å². The van der Waals surface area contributed by atoms with Crippen LogP contribution in [0.2, 0.25) is 0 Å². The van der Waals surface area contributed by atoms with Crippen molar-refractivity contribution < 1.29 is 29.5 Å². The number of aromatic nitrogens is 3. The minimum atomic E-state index is -3.68. The molecule has 19 heavy (non-hydrogen) atoms. The SMILES string of the molecule is O=S(=O)(c1ccccc1)n1nnc2ccccc21.[Pt+2]. The molecule has 7 heteroatoms. The maximum atomic E-state index is 12.4. The summed E-state index contributed by atoms with van der Waals surface area (Å²) in [4.78, 5) is 0.195. The molecule has 0 spiro atoms. The Balaban J connectivity index is 0.00000133. The van der Waals surface area contributed by atoms with Gasteiger partial charge >= 0.3 is 21.1 Å². The molecule has 98 valence electrons. The monoisotopic (exact) mass is 454 g/mol. The predicted molar refractivity (Wildman–Crippen MR) is 66.6 cm³/mol. The fraction of sp³-hybridized carbons (Fsp3) is 0. The van der Waals surface area contributed by atoms with Gasteiger partial charge in [0.2, 0.25) is 0 Å². The van der Waals surface area contributed by atoms with Crippen LogP contribution in [0.25, 0.3) is 11.0 Å². The molecule has 0 bridgehead atoms. The Morgan fingerprint density at radius 3 is 2.26 bits per heavy atom. The number of benzene rings is 2. The summed E-state index contributed by atoms with van der Waals surface area (Å²) in [5.74, 6) is 0. The minimum Gasteiger partial charge on any atom is -0.199 e. The van der Waals surface area contributed by atoms with E-state index in [2.05, 4.69) is 10.3 Å². The van der Waals surface area contributed by atoms with Gasteiger partial charge in [0.25, 0.3) is 10.0 Å². The third kappa shape index (κ3) is 2.33. The van der Waals surface area contributed by atoms with Crippen molar-refractivity contribution in [3.8, 4) is 0 Å². The van der Waals surface area contributed by atoms with Crippen molar-refractivity contribution in [2.24, 2.45) is 0 Å². The summed E-state index contributed by atoms with van der Waals surface area (Å²) in [5, 5.41) is 7.57. The van der Waals surface area contributed by atoms with Crippen LogP contribution in [0.15, 0.2) is 59.5 Å². The number of nitrogens with zero attached hydrogens (tertiary/aromatic N) is 3. The molecule has 0 amide bonds. The van der Waals surface area contributed by atoms with E-state index < -0.39 is 10.0 Å². The number of para-hydroxylation sites is 1. The Hall–Kier alpha value is -1.52. The molecule has 0 saturated heterocycles. The topological polar surface area (TPSA) is 64.8 Å². The van der Waals surface area contributed by atoms with Crippen LogP contribution in [0.3, 0.4) is 0 Å². The molecule has 5 nitrogen and oxygen atoms in total. The quantitative estimate of drug-likeness (QED) is 0.591. The predicted octanol–water partition coefficient (Wildman–Crippen LogP) is 1.67. The van der Waals surface area contributed by atoms with Crippen LogP contribution in [-0.2, 0) is 31.1 Å². The Morgan fingerprint density at radius 1 is 0.895 bits per heavy atom. The van der Waals surface area contributed by atoms with E-state index in [1.54, 1.807) is 42.5 Å². The third-order valence-electron chi connectivity index (χ3n) is 2.59. The van der Waals surface area contributed by atoms with Crippen molar-refractivity contribution >= 4 is 21.1 Å². The second kappa shape index (κ2) is 5.23. The van der Waals surface area contributed by atoms with Gasteiger partial charge in [0.05, 0.1) is 4.90 Å². The molecule has 0 aliphatic heterocycles. The van der Waals surface area contributed by atoms with E-state index in [0.29, 0.717) is 11.0 Å². The molecule has 0 unspecified atom stereocenters. The van der Waals surface area contributed by atoms with E-state index in [4.69, 9.17) is 0 Å². The Kier molecular flexibility index (Phi) is 3.82. The maximum absolute atomic E-state index is 12.4. The number of fused-ring (bicyclic) bond motifs is 1. The number of hydrogen-bond acceptors (Lipinski definition) is 4. The molecule has 0 aliphatic carbocycles. The molecule has 3 aromatic rings. The molecule has 0 N–H and O–H groups in total. The first-order valence-corrected chi connectivity index (χ1v) is 6.75. The average molecular weight is 454 g/mol. The molecule has 0 radical (unpaired) electrons. The molecule has 0 aliphatic rings. The molecular formula is C12H9N3O2PtS+2. The van der Waals surface area contributed by atoms with Gasteiger partial charge in [-0.05, 0) is 24.3 Å². The van der Waals surface area contributed by atoms with Gasteiger partial charge in [-0.25, -0.2) is 0 Å². The summed E-state index contributed by atoms with van der Waals surface area (Å²) in [7, 11) is -3.68. The molecule has 0 atom stereocenters. The van der Waals surface area contributed by atoms with Gasteiger partial charge < -0.3 is 0 Å². The average Bonchev–Trinajstić information content (AvgIpc) is 2.84. The van der Waals surface area contributed by atoms with Gasteiger partial charge in [-0.15, -0.1) is 9.19 Å². The van der Waals surface area contributed by atoms with Gasteiger partial charge in [0, 0.05) is 0 Å². The fourth-order valence-electron chi connectivity index (χ4n) is 1.72. The smallest absolute Gasteiger partial charge is 0.199 e. The normalized spacial score (nSPS) is 11.2. The van der Waals surface area contributed by atoms with Crippen LogP contribution in [0, 0.1) is 0 Å². The zero-order chi connectivity index (χ0) is 12.6. The second-order valence-corrected chi connectivity index (χ2v) is 5.51. The van der Waals surface area contributed by atoms with Crippen molar-refractivity contribution in [2.75, 3.05) is 0 Å². The first-order valence-electron chi connectivity index (χ1n) is 5.31. The second-order valence-electron chi connectivity index (χ2n) is 3.74. The summed E-state index contributed by atoms with van der Waals surface area (Å²) >= 11 is 0. The summed E-state index contributed by atoms with van der Waals surface area (Å²) in [6.07, 6.45) is 0. The van der Waals surface area contributed by atoms with Gasteiger partial charge in [0.15, 0.2) is 0 Å². The number of hydrogen-bond donors (Lipinski definition) is 0. The Labute approximate surface area is 124 Å². The molecule has 0 saturated carbocycles. The van der Waals surface area contributed by atoms with E-state index in [0.717, 1.165) is 4.09 Å². The van der Waals surface area contributed by atoms with Crippen LogP contribution < -0.4 is 0 Å². The molecule has 3 rings (SSSR count). The summed E-state index contributed by atoms with van der Waals surface area (Å²) in [6.45, 7) is 0. The van der Waals surface area contributed by atoms with Gasteiger partial charge in [-0.1, -0.05) is 35.5 Å². The fourth-order valence-corrected chi connectivity index (χ4v) is 2.96. The van der Waals surface area contributed by atoms with Crippen LogP contribution in [0.4, 0.5) is 0 Å². The van der Waals surface area contributed by atoms with Crippen LogP contribution in [0.1, 0.15) is 0 Å². The van der Waals surface area contributed by atoms with Crippen molar-refractivity contribution in [1.82, 2.24) is 14.4 Å². The standard InChI is InChI=1S/C12H9N3O2S.Pt/c16-18(17,10-6-2-1-3-7-10)15-12-9-5-4-8-11(12)13-14-15;/h1-9H;/q;+2. The van der Waals surface area contributed by atoms with Crippen LogP contribution >= 0.6 is 0 Å².